The van der Waals surface area contributed by atoms with Crippen LogP contribution >= 0.6 is 11.6 Å². The topological polar surface area (TPSA) is 50.7 Å². The molecular weight excluding hydrogens is 298 g/mol. The van der Waals surface area contributed by atoms with E-state index >= 15 is 0 Å². The van der Waals surface area contributed by atoms with Crippen molar-refractivity contribution in [1.82, 2.24) is 14.5 Å². The molecule has 0 saturated carbocycles. The number of H-pyrrole nitrogens is 1. The number of nitrogens with zero attached hydrogens (tertiary/aromatic N) is 2. The number of fused-ring (bicyclic) bond motifs is 2. The molecule has 0 amide bonds. The maximum Gasteiger partial charge on any atom is 0.256 e. The molecule has 4 nitrogen and oxygen atoms in total. The molecule has 4 rings (SSSR count). The van der Waals surface area contributed by atoms with Gasteiger partial charge in [-0.3, -0.25) is 4.79 Å². The van der Waals surface area contributed by atoms with Crippen LogP contribution in [0.5, 0.6) is 0 Å². The van der Waals surface area contributed by atoms with E-state index < -0.39 is 0 Å². The second-order valence-corrected chi connectivity index (χ2v) is 5.71. The Morgan fingerprint density at radius 1 is 1.18 bits per heavy atom. The molecule has 0 saturated heterocycles. The summed E-state index contributed by atoms with van der Waals surface area (Å²) in [5.41, 5.74) is 2.99. The van der Waals surface area contributed by atoms with Crippen molar-refractivity contribution < 1.29 is 0 Å². The van der Waals surface area contributed by atoms with E-state index in [9.17, 15) is 4.79 Å². The lowest BCUT2D eigenvalue weighted by atomic mass is 10.1. The summed E-state index contributed by atoms with van der Waals surface area (Å²) in [6.07, 6.45) is 3.68. The van der Waals surface area contributed by atoms with Crippen LogP contribution in [0.25, 0.3) is 33.1 Å². The minimum atomic E-state index is -0.119. The molecule has 3 aromatic heterocycles. The first-order valence-corrected chi connectivity index (χ1v) is 7.24. The van der Waals surface area contributed by atoms with Gasteiger partial charge in [-0.1, -0.05) is 11.6 Å². The first kappa shape index (κ1) is 13.1. The van der Waals surface area contributed by atoms with E-state index in [0.29, 0.717) is 10.6 Å². The second-order valence-electron chi connectivity index (χ2n) is 5.27. The highest BCUT2D eigenvalue weighted by atomic mass is 35.5. The van der Waals surface area contributed by atoms with Crippen molar-refractivity contribution in [2.45, 2.75) is 0 Å². The van der Waals surface area contributed by atoms with Gasteiger partial charge < -0.3 is 9.55 Å². The Labute approximate surface area is 131 Å². The van der Waals surface area contributed by atoms with Gasteiger partial charge in [-0.05, 0) is 36.4 Å². The van der Waals surface area contributed by atoms with Crippen molar-refractivity contribution in [2.75, 3.05) is 0 Å². The van der Waals surface area contributed by atoms with Crippen molar-refractivity contribution in [3.05, 3.63) is 64.2 Å². The van der Waals surface area contributed by atoms with Gasteiger partial charge in [0.25, 0.3) is 5.56 Å². The first-order valence-electron chi connectivity index (χ1n) is 6.86. The lowest BCUT2D eigenvalue weighted by Gasteiger charge is -2.03. The van der Waals surface area contributed by atoms with Gasteiger partial charge >= 0.3 is 0 Å². The summed E-state index contributed by atoms with van der Waals surface area (Å²) in [4.78, 5) is 19.7. The van der Waals surface area contributed by atoms with Gasteiger partial charge in [0.05, 0.1) is 0 Å². The van der Waals surface area contributed by atoms with E-state index in [1.54, 1.807) is 12.3 Å². The van der Waals surface area contributed by atoms with Crippen LogP contribution in [0.15, 0.2) is 53.6 Å². The Balaban J connectivity index is 2.08. The molecule has 0 spiro atoms. The van der Waals surface area contributed by atoms with Crippen LogP contribution < -0.4 is 5.56 Å². The average molecular weight is 310 g/mol. The van der Waals surface area contributed by atoms with Gasteiger partial charge in [-0.2, -0.15) is 0 Å². The standard InChI is InChI=1S/C17H12ClN3O/c1-21-9-14(12-3-2-6-19-16(12)21)13-8-10-7-11(18)4-5-15(10)20-17(13)22/h2-9H,1H3,(H,20,22). The quantitative estimate of drug-likeness (QED) is 0.582. The number of aromatic nitrogens is 3. The average Bonchev–Trinajstić information content (AvgIpc) is 2.85. The number of nitrogens with one attached hydrogen (secondary N) is 1. The van der Waals surface area contributed by atoms with Crippen LogP contribution in [0.3, 0.4) is 0 Å². The van der Waals surface area contributed by atoms with Crippen LogP contribution in [0, 0.1) is 0 Å². The summed E-state index contributed by atoms with van der Waals surface area (Å²) >= 11 is 6.05. The number of hydrogen-bond acceptors (Lipinski definition) is 2. The van der Waals surface area contributed by atoms with E-state index in [4.69, 9.17) is 11.6 Å². The van der Waals surface area contributed by atoms with Crippen LogP contribution in [0.2, 0.25) is 5.02 Å². The first-order chi connectivity index (χ1) is 10.6. The molecule has 0 aliphatic heterocycles. The van der Waals surface area contributed by atoms with E-state index in [0.717, 1.165) is 27.5 Å². The molecule has 0 radical (unpaired) electrons. The zero-order valence-corrected chi connectivity index (χ0v) is 12.6. The third kappa shape index (κ3) is 1.92. The van der Waals surface area contributed by atoms with Crippen molar-refractivity contribution in [3.63, 3.8) is 0 Å². The molecule has 4 aromatic rings. The molecule has 0 atom stereocenters. The molecule has 0 fully saturated rings. The number of hydrogen-bond donors (Lipinski definition) is 1. The van der Waals surface area contributed by atoms with Gasteiger partial charge in [0.1, 0.15) is 5.65 Å². The van der Waals surface area contributed by atoms with Gasteiger partial charge in [0.15, 0.2) is 0 Å². The fourth-order valence-electron chi connectivity index (χ4n) is 2.80. The molecular formula is C17H12ClN3O. The molecule has 0 bridgehead atoms. The smallest absolute Gasteiger partial charge is 0.256 e. The lowest BCUT2D eigenvalue weighted by Crippen LogP contribution is -2.08. The minimum absolute atomic E-state index is 0.119. The molecule has 3 heterocycles. The van der Waals surface area contributed by atoms with Crippen molar-refractivity contribution in [1.29, 1.82) is 0 Å². The Morgan fingerprint density at radius 2 is 2.05 bits per heavy atom. The predicted molar refractivity (Wildman–Crippen MR) is 89.3 cm³/mol. The summed E-state index contributed by atoms with van der Waals surface area (Å²) < 4.78 is 1.92. The van der Waals surface area contributed by atoms with E-state index in [2.05, 4.69) is 9.97 Å². The molecule has 108 valence electrons. The van der Waals surface area contributed by atoms with Gasteiger partial charge in [0, 0.05) is 51.9 Å². The van der Waals surface area contributed by atoms with Crippen LogP contribution in [0.1, 0.15) is 0 Å². The molecule has 0 unspecified atom stereocenters. The monoisotopic (exact) mass is 309 g/mol. The Kier molecular flexibility index (Phi) is 2.81. The molecule has 1 aromatic carbocycles. The Hall–Kier alpha value is -2.59. The third-order valence-electron chi connectivity index (χ3n) is 3.83. The third-order valence-corrected chi connectivity index (χ3v) is 4.07. The molecule has 0 aliphatic rings. The van der Waals surface area contributed by atoms with Crippen molar-refractivity contribution >= 4 is 33.5 Å². The summed E-state index contributed by atoms with van der Waals surface area (Å²) in [5.74, 6) is 0. The number of halogens is 1. The highest BCUT2D eigenvalue weighted by molar-refractivity contribution is 6.31. The number of pyridine rings is 2. The molecule has 0 aliphatic carbocycles. The van der Waals surface area contributed by atoms with Crippen molar-refractivity contribution in [2.24, 2.45) is 7.05 Å². The fourth-order valence-corrected chi connectivity index (χ4v) is 2.99. The molecule has 1 N–H and O–H groups in total. The van der Waals surface area contributed by atoms with Crippen LogP contribution in [0.4, 0.5) is 0 Å². The van der Waals surface area contributed by atoms with E-state index in [1.807, 2.05) is 48.1 Å². The Morgan fingerprint density at radius 3 is 2.91 bits per heavy atom. The molecule has 22 heavy (non-hydrogen) atoms. The lowest BCUT2D eigenvalue weighted by molar-refractivity contribution is 0.949. The summed E-state index contributed by atoms with van der Waals surface area (Å²) in [6.45, 7) is 0. The summed E-state index contributed by atoms with van der Waals surface area (Å²) in [6, 6.07) is 11.1. The zero-order valence-electron chi connectivity index (χ0n) is 11.8. The van der Waals surface area contributed by atoms with E-state index in [1.165, 1.54) is 0 Å². The summed E-state index contributed by atoms with van der Waals surface area (Å²) in [5, 5.41) is 2.50. The van der Waals surface area contributed by atoms with Gasteiger partial charge in [0.2, 0.25) is 0 Å². The molecule has 5 heteroatoms. The largest absolute Gasteiger partial charge is 0.335 e. The maximum atomic E-state index is 12.5. The number of aromatic amines is 1. The SMILES string of the molecule is Cn1cc(-c2cc3cc(Cl)ccc3[nH]c2=O)c2cccnc21. The minimum Gasteiger partial charge on any atom is -0.335 e. The van der Waals surface area contributed by atoms with Gasteiger partial charge in [-0.15, -0.1) is 0 Å². The summed E-state index contributed by atoms with van der Waals surface area (Å²) in [7, 11) is 1.92. The fraction of sp³-hybridized carbons (Fsp3) is 0.0588. The maximum absolute atomic E-state index is 12.5. The number of aryl methyl sites for hydroxylation is 1. The van der Waals surface area contributed by atoms with E-state index in [-0.39, 0.29) is 5.56 Å². The Bertz CT molecular complexity index is 1080. The van der Waals surface area contributed by atoms with Crippen LogP contribution in [-0.2, 0) is 7.05 Å². The highest BCUT2D eigenvalue weighted by Crippen LogP contribution is 2.28. The van der Waals surface area contributed by atoms with Crippen LogP contribution in [-0.4, -0.2) is 14.5 Å². The zero-order chi connectivity index (χ0) is 15.3. The van der Waals surface area contributed by atoms with Gasteiger partial charge in [-0.25, -0.2) is 4.98 Å². The highest BCUT2D eigenvalue weighted by Gasteiger charge is 2.13. The predicted octanol–water partition coefficient (Wildman–Crippen LogP) is 3.74. The number of benzene rings is 1. The number of rotatable bonds is 1. The normalized spacial score (nSPS) is 11.4. The van der Waals surface area contributed by atoms with Crippen molar-refractivity contribution in [3.8, 4) is 11.1 Å². The second kappa shape index (κ2) is 4.71.